The number of ether oxygens (including phenoxy) is 1. The van der Waals surface area contributed by atoms with Crippen molar-refractivity contribution < 1.29 is 14.3 Å². The average Bonchev–Trinajstić information content (AvgIpc) is 3.20. The minimum Gasteiger partial charge on any atom is -0.461 e. The van der Waals surface area contributed by atoms with Gasteiger partial charge in [-0.3, -0.25) is 4.79 Å². The highest BCUT2D eigenvalue weighted by Gasteiger charge is 2.24. The van der Waals surface area contributed by atoms with Gasteiger partial charge in [0.15, 0.2) is 5.69 Å². The number of benzene rings is 1. The highest BCUT2D eigenvalue weighted by atomic mass is 35.5. The SMILES string of the molecule is CCOC(=O)c1nc(C)sc1-c1ccnn1C(=O)c1cccc(Cl)c1. The number of carbonyl (C=O) groups excluding carboxylic acids is 2. The monoisotopic (exact) mass is 375 g/mol. The van der Waals surface area contributed by atoms with Crippen molar-refractivity contribution in [1.29, 1.82) is 0 Å². The lowest BCUT2D eigenvalue weighted by atomic mass is 10.2. The summed E-state index contributed by atoms with van der Waals surface area (Å²) in [6, 6.07) is 8.27. The Balaban J connectivity index is 2.06. The highest BCUT2D eigenvalue weighted by molar-refractivity contribution is 7.15. The second-order valence-corrected chi connectivity index (χ2v) is 6.71. The maximum Gasteiger partial charge on any atom is 0.358 e. The Kier molecular flexibility index (Phi) is 4.96. The maximum atomic E-state index is 12.8. The number of aryl methyl sites for hydroxylation is 1. The molecule has 0 N–H and O–H groups in total. The van der Waals surface area contributed by atoms with Crippen LogP contribution in [0.5, 0.6) is 0 Å². The Bertz CT molecular complexity index is 948. The average molecular weight is 376 g/mol. The molecule has 0 aliphatic rings. The third-order valence-electron chi connectivity index (χ3n) is 3.34. The Morgan fingerprint density at radius 1 is 1.32 bits per heavy atom. The topological polar surface area (TPSA) is 74.1 Å². The molecule has 0 unspecified atom stereocenters. The lowest BCUT2D eigenvalue weighted by Crippen LogP contribution is -2.15. The van der Waals surface area contributed by atoms with E-state index in [4.69, 9.17) is 16.3 Å². The zero-order valence-electron chi connectivity index (χ0n) is 13.5. The van der Waals surface area contributed by atoms with Crippen molar-refractivity contribution in [3.05, 3.63) is 57.8 Å². The first-order chi connectivity index (χ1) is 12.0. The van der Waals surface area contributed by atoms with E-state index in [2.05, 4.69) is 10.1 Å². The summed E-state index contributed by atoms with van der Waals surface area (Å²) in [7, 11) is 0. The molecule has 0 saturated carbocycles. The summed E-state index contributed by atoms with van der Waals surface area (Å²) in [5, 5.41) is 5.26. The van der Waals surface area contributed by atoms with Gasteiger partial charge in [0.1, 0.15) is 0 Å². The van der Waals surface area contributed by atoms with E-state index in [1.165, 1.54) is 22.2 Å². The molecule has 3 aromatic rings. The van der Waals surface area contributed by atoms with Crippen LogP contribution in [0.3, 0.4) is 0 Å². The van der Waals surface area contributed by atoms with Gasteiger partial charge >= 0.3 is 5.97 Å². The van der Waals surface area contributed by atoms with Gasteiger partial charge in [-0.25, -0.2) is 9.78 Å². The number of esters is 1. The molecule has 0 radical (unpaired) electrons. The van der Waals surface area contributed by atoms with Crippen molar-refractivity contribution in [3.63, 3.8) is 0 Å². The molecular formula is C17H14ClN3O3S. The fourth-order valence-corrected chi connectivity index (χ4v) is 3.43. The summed E-state index contributed by atoms with van der Waals surface area (Å²) in [6.07, 6.45) is 1.50. The van der Waals surface area contributed by atoms with Gasteiger partial charge in [0.05, 0.1) is 28.4 Å². The Labute approximate surface area is 153 Å². The zero-order valence-corrected chi connectivity index (χ0v) is 15.1. The van der Waals surface area contributed by atoms with Crippen molar-refractivity contribution >= 4 is 34.8 Å². The number of carbonyl (C=O) groups is 2. The van der Waals surface area contributed by atoms with Crippen LogP contribution < -0.4 is 0 Å². The fourth-order valence-electron chi connectivity index (χ4n) is 2.32. The first kappa shape index (κ1) is 17.3. The standard InChI is InChI=1S/C17H14ClN3O3S/c1-3-24-17(23)14-15(25-10(2)20-14)13-7-8-19-21(13)16(22)11-5-4-6-12(18)9-11/h4-9H,3H2,1-2H3. The van der Waals surface area contributed by atoms with Crippen LogP contribution in [0.1, 0.15) is 32.8 Å². The summed E-state index contributed by atoms with van der Waals surface area (Å²) in [4.78, 5) is 29.7. The number of hydrogen-bond acceptors (Lipinski definition) is 6. The van der Waals surface area contributed by atoms with Crippen LogP contribution in [0.2, 0.25) is 5.02 Å². The van der Waals surface area contributed by atoms with E-state index in [0.717, 1.165) is 0 Å². The number of nitrogens with zero attached hydrogens (tertiary/aromatic N) is 3. The quantitative estimate of drug-likeness (QED) is 0.648. The van der Waals surface area contributed by atoms with E-state index in [1.807, 2.05) is 0 Å². The lowest BCUT2D eigenvalue weighted by Gasteiger charge is -2.07. The molecule has 0 fully saturated rings. The zero-order chi connectivity index (χ0) is 18.0. The largest absolute Gasteiger partial charge is 0.461 e. The first-order valence-corrected chi connectivity index (χ1v) is 8.70. The lowest BCUT2D eigenvalue weighted by molar-refractivity contribution is 0.0520. The highest BCUT2D eigenvalue weighted by Crippen LogP contribution is 2.31. The normalized spacial score (nSPS) is 10.7. The van der Waals surface area contributed by atoms with Crippen LogP contribution in [0.15, 0.2) is 36.5 Å². The Morgan fingerprint density at radius 2 is 2.12 bits per heavy atom. The van der Waals surface area contributed by atoms with Gasteiger partial charge in [-0.1, -0.05) is 17.7 Å². The molecule has 0 amide bonds. The molecule has 3 rings (SSSR count). The van der Waals surface area contributed by atoms with Gasteiger partial charge in [-0.05, 0) is 38.1 Å². The van der Waals surface area contributed by atoms with Gasteiger partial charge in [0, 0.05) is 10.6 Å². The third-order valence-corrected chi connectivity index (χ3v) is 4.57. The van der Waals surface area contributed by atoms with E-state index in [0.29, 0.717) is 26.2 Å². The number of rotatable bonds is 4. The summed E-state index contributed by atoms with van der Waals surface area (Å²) < 4.78 is 6.29. The Hall–Kier alpha value is -2.51. The first-order valence-electron chi connectivity index (χ1n) is 7.50. The molecule has 0 aliphatic heterocycles. The molecule has 8 heteroatoms. The van der Waals surface area contributed by atoms with Crippen molar-refractivity contribution in [2.45, 2.75) is 13.8 Å². The minimum absolute atomic E-state index is 0.185. The molecule has 0 spiro atoms. The van der Waals surface area contributed by atoms with Crippen molar-refractivity contribution in [2.75, 3.05) is 6.61 Å². The van der Waals surface area contributed by atoms with E-state index < -0.39 is 5.97 Å². The second kappa shape index (κ2) is 7.16. The molecule has 2 heterocycles. The van der Waals surface area contributed by atoms with Gasteiger partial charge < -0.3 is 4.74 Å². The van der Waals surface area contributed by atoms with Crippen molar-refractivity contribution in [3.8, 4) is 10.6 Å². The van der Waals surface area contributed by atoms with Crippen molar-refractivity contribution in [1.82, 2.24) is 14.8 Å². The summed E-state index contributed by atoms with van der Waals surface area (Å²) >= 11 is 7.27. The van der Waals surface area contributed by atoms with Gasteiger partial charge in [-0.15, -0.1) is 11.3 Å². The third kappa shape index (κ3) is 3.47. The van der Waals surface area contributed by atoms with E-state index in [1.54, 1.807) is 44.2 Å². The van der Waals surface area contributed by atoms with E-state index in [9.17, 15) is 9.59 Å². The number of thiazole rings is 1. The van der Waals surface area contributed by atoms with Crippen LogP contribution in [0.25, 0.3) is 10.6 Å². The van der Waals surface area contributed by atoms with Crippen LogP contribution in [-0.2, 0) is 4.74 Å². The van der Waals surface area contributed by atoms with Gasteiger partial charge in [0.25, 0.3) is 5.91 Å². The van der Waals surface area contributed by atoms with Crippen molar-refractivity contribution in [2.24, 2.45) is 0 Å². The van der Waals surface area contributed by atoms with Crippen LogP contribution >= 0.6 is 22.9 Å². The van der Waals surface area contributed by atoms with Crippen LogP contribution in [-0.4, -0.2) is 33.2 Å². The maximum absolute atomic E-state index is 12.8. The van der Waals surface area contributed by atoms with Crippen LogP contribution in [0.4, 0.5) is 0 Å². The van der Waals surface area contributed by atoms with Gasteiger partial charge in [0.2, 0.25) is 0 Å². The summed E-state index contributed by atoms with van der Waals surface area (Å²) in [5.74, 6) is -0.867. The Morgan fingerprint density at radius 3 is 2.84 bits per heavy atom. The molecule has 6 nitrogen and oxygen atoms in total. The number of hydrogen-bond donors (Lipinski definition) is 0. The predicted molar refractivity (Wildman–Crippen MR) is 95.2 cm³/mol. The summed E-state index contributed by atoms with van der Waals surface area (Å²) in [5.41, 5.74) is 1.07. The fraction of sp³-hybridized carbons (Fsp3) is 0.176. The number of halogens is 1. The molecule has 25 heavy (non-hydrogen) atoms. The minimum atomic E-state index is -0.523. The second-order valence-electron chi connectivity index (χ2n) is 5.07. The van der Waals surface area contributed by atoms with E-state index in [-0.39, 0.29) is 18.2 Å². The molecule has 0 aliphatic carbocycles. The summed E-state index contributed by atoms with van der Waals surface area (Å²) in [6.45, 7) is 3.76. The molecular weight excluding hydrogens is 362 g/mol. The molecule has 128 valence electrons. The number of aromatic nitrogens is 3. The smallest absolute Gasteiger partial charge is 0.358 e. The molecule has 0 atom stereocenters. The predicted octanol–water partition coefficient (Wildman–Crippen LogP) is 3.83. The molecule has 0 saturated heterocycles. The van der Waals surface area contributed by atoms with Gasteiger partial charge in [-0.2, -0.15) is 9.78 Å². The van der Waals surface area contributed by atoms with E-state index >= 15 is 0 Å². The molecule has 2 aromatic heterocycles. The molecule has 0 bridgehead atoms. The van der Waals surface area contributed by atoms with Crippen LogP contribution in [0, 0.1) is 6.92 Å². The molecule has 1 aromatic carbocycles.